The Morgan fingerprint density at radius 2 is 1.75 bits per heavy atom. The minimum absolute atomic E-state index is 0.256. The second-order valence-corrected chi connectivity index (χ2v) is 12.1. The van der Waals surface area contributed by atoms with Gasteiger partial charge in [0.05, 0.1) is 43.7 Å². The van der Waals surface area contributed by atoms with Crippen molar-refractivity contribution < 1.29 is 17.9 Å². The Morgan fingerprint density at radius 3 is 2.38 bits per heavy atom. The Morgan fingerprint density at radius 1 is 1.02 bits per heavy atom. The summed E-state index contributed by atoms with van der Waals surface area (Å²) in [5, 5.41) is 6.59. The lowest BCUT2D eigenvalue weighted by Crippen LogP contribution is -2.42. The fraction of sp³-hybridized carbons (Fsp3) is 0.407. The second kappa shape index (κ2) is 12.4. The van der Waals surface area contributed by atoms with Crippen molar-refractivity contribution >= 4 is 56.1 Å². The molecule has 3 N–H and O–H groups in total. The van der Waals surface area contributed by atoms with E-state index in [-0.39, 0.29) is 22.5 Å². The van der Waals surface area contributed by atoms with Crippen LogP contribution in [0.1, 0.15) is 18.4 Å². The van der Waals surface area contributed by atoms with E-state index in [9.17, 15) is 8.42 Å². The minimum Gasteiger partial charge on any atom is -0.497 e. The molecular weight excluding hydrogens is 554 g/mol. The van der Waals surface area contributed by atoms with Crippen LogP contribution in [0.2, 0.25) is 5.02 Å². The van der Waals surface area contributed by atoms with Crippen molar-refractivity contribution in [3.05, 3.63) is 47.1 Å². The number of hydrogen-bond acceptors (Lipinski definition) is 10. The molecule has 0 amide bonds. The number of piperidine rings is 1. The number of anilines is 6. The van der Waals surface area contributed by atoms with Gasteiger partial charge in [-0.25, -0.2) is 13.4 Å². The molecule has 0 radical (unpaired) electrons. The van der Waals surface area contributed by atoms with Gasteiger partial charge in [0.2, 0.25) is 16.0 Å². The van der Waals surface area contributed by atoms with Crippen LogP contribution in [0.4, 0.5) is 34.5 Å². The first-order valence-corrected chi connectivity index (χ1v) is 15.1. The summed E-state index contributed by atoms with van der Waals surface area (Å²) in [5.41, 5.74) is 3.68. The van der Waals surface area contributed by atoms with E-state index in [0.29, 0.717) is 28.9 Å². The molecule has 1 aliphatic heterocycles. The molecule has 2 heterocycles. The fourth-order valence-corrected chi connectivity index (χ4v) is 5.42. The highest BCUT2D eigenvalue weighted by Gasteiger charge is 2.23. The molecule has 13 heteroatoms. The predicted molar refractivity (Wildman–Crippen MR) is 162 cm³/mol. The standard InChI is InChI=1S/C27H36ClN7O4S/c1-17-13-23(25(39-5)15-24(17)35-11-9-18(10-12-35)34(2)3)31-27-29-16-20(28)26(32-27)30-21-8-7-19(38-4)14-22(21)33-40(6,36)37/h7-8,13-16,18,33H,9-12H2,1-6H3,(H2,29,30,31,32). The number of ether oxygens (including phenoxy) is 2. The number of halogens is 1. The molecule has 40 heavy (non-hydrogen) atoms. The van der Waals surface area contributed by atoms with Gasteiger partial charge in [-0.2, -0.15) is 4.98 Å². The third kappa shape index (κ3) is 7.18. The molecule has 4 rings (SSSR count). The average molecular weight is 590 g/mol. The summed E-state index contributed by atoms with van der Waals surface area (Å²) in [7, 11) is 3.86. The van der Waals surface area contributed by atoms with E-state index >= 15 is 0 Å². The zero-order chi connectivity index (χ0) is 29.0. The molecule has 1 aliphatic rings. The monoisotopic (exact) mass is 589 g/mol. The maximum atomic E-state index is 11.9. The molecule has 0 saturated carbocycles. The molecule has 11 nitrogen and oxygen atoms in total. The number of hydrogen-bond donors (Lipinski definition) is 3. The smallest absolute Gasteiger partial charge is 0.229 e. The first-order valence-electron chi connectivity index (χ1n) is 12.8. The lowest BCUT2D eigenvalue weighted by Gasteiger charge is -2.37. The Labute approximate surface area is 240 Å². The van der Waals surface area contributed by atoms with Gasteiger partial charge in [-0.1, -0.05) is 11.6 Å². The largest absolute Gasteiger partial charge is 0.497 e. The van der Waals surface area contributed by atoms with Crippen molar-refractivity contribution in [2.45, 2.75) is 25.8 Å². The van der Waals surface area contributed by atoms with E-state index in [0.717, 1.165) is 43.4 Å². The molecule has 0 spiro atoms. The topological polar surface area (TPSA) is 121 Å². The van der Waals surface area contributed by atoms with E-state index in [1.54, 1.807) is 25.3 Å². The highest BCUT2D eigenvalue weighted by Crippen LogP contribution is 2.37. The molecule has 2 aromatic carbocycles. The summed E-state index contributed by atoms with van der Waals surface area (Å²) in [6.07, 6.45) is 4.76. The van der Waals surface area contributed by atoms with E-state index in [4.69, 9.17) is 21.1 Å². The van der Waals surface area contributed by atoms with Crippen molar-refractivity contribution in [2.24, 2.45) is 0 Å². The highest BCUT2D eigenvalue weighted by atomic mass is 35.5. The summed E-state index contributed by atoms with van der Waals surface area (Å²) in [5.74, 6) is 1.73. The van der Waals surface area contributed by atoms with Gasteiger partial charge in [0.1, 0.15) is 16.5 Å². The van der Waals surface area contributed by atoms with Crippen LogP contribution in [0.15, 0.2) is 36.5 Å². The first kappa shape index (κ1) is 29.5. The van der Waals surface area contributed by atoms with Crippen LogP contribution in [-0.2, 0) is 10.0 Å². The van der Waals surface area contributed by atoms with Crippen LogP contribution < -0.4 is 29.7 Å². The number of benzene rings is 2. The molecule has 3 aromatic rings. The van der Waals surface area contributed by atoms with E-state index in [1.165, 1.54) is 13.3 Å². The van der Waals surface area contributed by atoms with Gasteiger partial charge in [-0.15, -0.1) is 0 Å². The molecule has 1 fully saturated rings. The summed E-state index contributed by atoms with van der Waals surface area (Å²) in [6.45, 7) is 4.04. The predicted octanol–water partition coefficient (Wildman–Crippen LogP) is 4.84. The van der Waals surface area contributed by atoms with Crippen LogP contribution in [0.25, 0.3) is 0 Å². The van der Waals surface area contributed by atoms with Crippen LogP contribution in [0.5, 0.6) is 11.5 Å². The van der Waals surface area contributed by atoms with Crippen molar-refractivity contribution in [1.82, 2.24) is 14.9 Å². The van der Waals surface area contributed by atoms with Crippen molar-refractivity contribution in [2.75, 3.05) is 67.9 Å². The normalized spacial score (nSPS) is 14.2. The first-order chi connectivity index (χ1) is 19.0. The molecule has 0 aliphatic carbocycles. The number of aromatic nitrogens is 2. The zero-order valence-corrected chi connectivity index (χ0v) is 25.2. The molecule has 0 atom stereocenters. The van der Waals surface area contributed by atoms with Gasteiger partial charge in [0, 0.05) is 37.0 Å². The number of aryl methyl sites for hydroxylation is 1. The van der Waals surface area contributed by atoms with Crippen LogP contribution in [0, 0.1) is 6.92 Å². The van der Waals surface area contributed by atoms with Gasteiger partial charge in [0.25, 0.3) is 0 Å². The lowest BCUT2D eigenvalue weighted by molar-refractivity contribution is 0.249. The Balaban J connectivity index is 1.58. The lowest BCUT2D eigenvalue weighted by atomic mass is 10.0. The third-order valence-electron chi connectivity index (χ3n) is 6.82. The van der Waals surface area contributed by atoms with Gasteiger partial charge in [-0.05, 0) is 57.6 Å². The Bertz CT molecular complexity index is 1460. The summed E-state index contributed by atoms with van der Waals surface area (Å²) in [4.78, 5) is 13.6. The number of nitrogens with zero attached hydrogens (tertiary/aromatic N) is 4. The Kier molecular flexibility index (Phi) is 9.12. The molecule has 216 valence electrons. The molecule has 1 aromatic heterocycles. The van der Waals surface area contributed by atoms with Crippen LogP contribution in [-0.4, -0.2) is 77.0 Å². The summed E-state index contributed by atoms with van der Waals surface area (Å²) < 4.78 is 37.3. The second-order valence-electron chi connectivity index (χ2n) is 9.95. The highest BCUT2D eigenvalue weighted by molar-refractivity contribution is 7.92. The van der Waals surface area contributed by atoms with Gasteiger partial charge < -0.3 is 29.9 Å². The van der Waals surface area contributed by atoms with Crippen LogP contribution in [0.3, 0.4) is 0 Å². The maximum absolute atomic E-state index is 11.9. The van der Waals surface area contributed by atoms with Gasteiger partial charge in [0.15, 0.2) is 5.82 Å². The number of rotatable bonds is 10. The van der Waals surface area contributed by atoms with Gasteiger partial charge in [-0.3, -0.25) is 4.72 Å². The van der Waals surface area contributed by atoms with E-state index in [2.05, 4.69) is 56.1 Å². The SMILES string of the molecule is COc1ccc(Nc2nc(Nc3cc(C)c(N4CCC(N(C)C)CC4)cc3OC)ncc2Cl)c(NS(C)(=O)=O)c1. The number of nitrogens with one attached hydrogen (secondary N) is 3. The summed E-state index contributed by atoms with van der Waals surface area (Å²) >= 11 is 6.40. The number of sulfonamides is 1. The fourth-order valence-electron chi connectivity index (χ4n) is 4.71. The minimum atomic E-state index is -3.55. The van der Waals surface area contributed by atoms with Crippen LogP contribution >= 0.6 is 11.6 Å². The number of methoxy groups -OCH3 is 2. The van der Waals surface area contributed by atoms with E-state index in [1.807, 2.05) is 12.1 Å². The average Bonchev–Trinajstić information content (AvgIpc) is 2.91. The quantitative estimate of drug-likeness (QED) is 0.303. The zero-order valence-electron chi connectivity index (χ0n) is 23.6. The van der Waals surface area contributed by atoms with Crippen molar-refractivity contribution in [3.63, 3.8) is 0 Å². The molecule has 0 bridgehead atoms. The maximum Gasteiger partial charge on any atom is 0.229 e. The molecule has 1 saturated heterocycles. The van der Waals surface area contributed by atoms with E-state index < -0.39 is 10.0 Å². The van der Waals surface area contributed by atoms with Crippen molar-refractivity contribution in [1.29, 1.82) is 0 Å². The molecular formula is C27H36ClN7O4S. The Hall–Kier alpha value is -3.48. The third-order valence-corrected chi connectivity index (χ3v) is 7.69. The summed E-state index contributed by atoms with van der Waals surface area (Å²) in [6, 6.07) is 9.60. The van der Waals surface area contributed by atoms with Gasteiger partial charge >= 0.3 is 0 Å². The van der Waals surface area contributed by atoms with Crippen molar-refractivity contribution in [3.8, 4) is 11.5 Å². The molecule has 0 unspecified atom stereocenters.